The molecule has 2 aliphatic rings. The second kappa shape index (κ2) is 11.1. The topological polar surface area (TPSA) is 88.5 Å². The minimum atomic E-state index is -0.806. The van der Waals surface area contributed by atoms with Crippen LogP contribution in [-0.4, -0.2) is 80.2 Å². The van der Waals surface area contributed by atoms with E-state index in [1.807, 2.05) is 38.1 Å². The van der Waals surface area contributed by atoms with Crippen molar-refractivity contribution in [1.29, 1.82) is 0 Å². The molecule has 8 nitrogen and oxygen atoms in total. The smallest absolute Gasteiger partial charge is 0.295 e. The van der Waals surface area contributed by atoms with Crippen LogP contribution in [0.4, 0.5) is 0 Å². The van der Waals surface area contributed by atoms with E-state index < -0.39 is 17.7 Å². The van der Waals surface area contributed by atoms with Crippen LogP contribution in [-0.2, 0) is 14.3 Å². The highest BCUT2D eigenvalue weighted by Crippen LogP contribution is 2.45. The number of ketones is 1. The van der Waals surface area contributed by atoms with Crippen LogP contribution in [0.15, 0.2) is 42.0 Å². The van der Waals surface area contributed by atoms with Gasteiger partial charge in [-0.15, -0.1) is 0 Å². The van der Waals surface area contributed by atoms with Crippen LogP contribution >= 0.6 is 0 Å². The Morgan fingerprint density at radius 1 is 1.06 bits per heavy atom. The van der Waals surface area contributed by atoms with E-state index in [0.717, 1.165) is 30.8 Å². The average molecular weight is 495 g/mol. The summed E-state index contributed by atoms with van der Waals surface area (Å²) in [4.78, 5) is 30.6. The first-order valence-corrected chi connectivity index (χ1v) is 12.2. The van der Waals surface area contributed by atoms with Gasteiger partial charge in [-0.25, -0.2) is 0 Å². The first kappa shape index (κ1) is 25.7. The van der Waals surface area contributed by atoms with Crippen LogP contribution in [0.1, 0.15) is 34.7 Å². The molecule has 0 bridgehead atoms. The lowest BCUT2D eigenvalue weighted by Crippen LogP contribution is -2.39. The molecule has 0 radical (unpaired) electrons. The molecule has 1 amide bonds. The molecule has 4 rings (SSSR count). The summed E-state index contributed by atoms with van der Waals surface area (Å²) in [6.45, 7) is 8.01. The lowest BCUT2D eigenvalue weighted by atomic mass is 9.92. The van der Waals surface area contributed by atoms with Gasteiger partial charge < -0.3 is 24.2 Å². The minimum Gasteiger partial charge on any atom is -0.507 e. The Morgan fingerprint density at radius 3 is 2.50 bits per heavy atom. The summed E-state index contributed by atoms with van der Waals surface area (Å²) in [6, 6.07) is 10.2. The number of aryl methyl sites for hydroxylation is 2. The summed E-state index contributed by atoms with van der Waals surface area (Å²) >= 11 is 0. The standard InChI is InChI=1S/C28H34N2O6/c1-18-9-10-19(2)21(17-18)25(31)23-24(20-7-5-8-22(34-3)27(20)35-4)30(28(33)26(23)32)12-6-11-29-13-15-36-16-14-29/h5,7-10,17,24,31H,6,11-16H2,1-4H3/t24-/m1/s1. The first-order chi connectivity index (χ1) is 17.4. The number of likely N-dealkylation sites (tertiary alicyclic amines) is 1. The fourth-order valence-corrected chi connectivity index (χ4v) is 4.99. The Balaban J connectivity index is 1.79. The van der Waals surface area contributed by atoms with E-state index in [9.17, 15) is 14.7 Å². The minimum absolute atomic E-state index is 0.0617. The number of methoxy groups -OCH3 is 2. The number of carbonyl (C=O) groups excluding carboxylic acids is 2. The van der Waals surface area contributed by atoms with Crippen LogP contribution in [0.25, 0.3) is 5.76 Å². The summed E-state index contributed by atoms with van der Waals surface area (Å²) in [5.74, 6) is -0.592. The summed E-state index contributed by atoms with van der Waals surface area (Å²) < 4.78 is 16.6. The molecule has 0 unspecified atom stereocenters. The maximum atomic E-state index is 13.4. The molecule has 8 heteroatoms. The van der Waals surface area contributed by atoms with Crippen molar-refractivity contribution in [3.63, 3.8) is 0 Å². The number of carbonyl (C=O) groups is 2. The van der Waals surface area contributed by atoms with Gasteiger partial charge in [0, 0.05) is 37.3 Å². The van der Waals surface area contributed by atoms with Crippen LogP contribution in [0, 0.1) is 13.8 Å². The van der Waals surface area contributed by atoms with Crippen molar-refractivity contribution in [1.82, 2.24) is 9.80 Å². The van der Waals surface area contributed by atoms with Crippen molar-refractivity contribution in [2.45, 2.75) is 26.3 Å². The fourth-order valence-electron chi connectivity index (χ4n) is 4.99. The third-order valence-corrected chi connectivity index (χ3v) is 6.89. The van der Waals surface area contributed by atoms with E-state index in [0.29, 0.717) is 48.8 Å². The molecule has 1 N–H and O–H groups in total. The molecular formula is C28H34N2O6. The third kappa shape index (κ3) is 4.96. The zero-order chi connectivity index (χ0) is 25.8. The van der Waals surface area contributed by atoms with E-state index in [1.165, 1.54) is 14.2 Å². The maximum absolute atomic E-state index is 13.4. The van der Waals surface area contributed by atoms with E-state index in [1.54, 1.807) is 17.0 Å². The number of ether oxygens (including phenoxy) is 3. The molecule has 2 saturated heterocycles. The molecule has 1 atom stereocenters. The van der Waals surface area contributed by atoms with Crippen LogP contribution in [0.5, 0.6) is 11.5 Å². The van der Waals surface area contributed by atoms with Gasteiger partial charge in [0.05, 0.1) is 39.0 Å². The van der Waals surface area contributed by atoms with Gasteiger partial charge in [-0.05, 0) is 38.0 Å². The number of rotatable bonds is 8. The lowest BCUT2D eigenvalue weighted by Gasteiger charge is -2.30. The largest absolute Gasteiger partial charge is 0.507 e. The zero-order valence-electron chi connectivity index (χ0n) is 21.4. The van der Waals surface area contributed by atoms with Crippen molar-refractivity contribution in [3.05, 3.63) is 64.2 Å². The highest BCUT2D eigenvalue weighted by molar-refractivity contribution is 6.46. The van der Waals surface area contributed by atoms with Crippen molar-refractivity contribution < 1.29 is 28.9 Å². The molecule has 2 aromatic carbocycles. The summed E-state index contributed by atoms with van der Waals surface area (Å²) in [7, 11) is 3.06. The Bertz CT molecular complexity index is 1170. The summed E-state index contributed by atoms with van der Waals surface area (Å²) in [5.41, 5.74) is 2.94. The van der Waals surface area contributed by atoms with E-state index >= 15 is 0 Å². The molecule has 192 valence electrons. The summed E-state index contributed by atoms with van der Waals surface area (Å²) in [5, 5.41) is 11.5. The third-order valence-electron chi connectivity index (χ3n) is 6.89. The Labute approximate surface area is 212 Å². The van der Waals surface area contributed by atoms with Crippen molar-refractivity contribution in [2.24, 2.45) is 0 Å². The molecule has 0 aromatic heterocycles. The van der Waals surface area contributed by atoms with E-state index in [2.05, 4.69) is 4.90 Å². The number of hydrogen-bond acceptors (Lipinski definition) is 7. The van der Waals surface area contributed by atoms with Gasteiger partial charge in [0.15, 0.2) is 11.5 Å². The highest BCUT2D eigenvalue weighted by atomic mass is 16.5. The number of para-hydroxylation sites is 1. The number of Topliss-reactive ketones (excluding diaryl/α,β-unsaturated/α-hetero) is 1. The zero-order valence-corrected chi connectivity index (χ0v) is 21.4. The molecule has 2 aliphatic heterocycles. The molecule has 2 heterocycles. The molecule has 36 heavy (non-hydrogen) atoms. The fraction of sp³-hybridized carbons (Fsp3) is 0.429. The molecule has 0 spiro atoms. The number of nitrogens with zero attached hydrogens (tertiary/aromatic N) is 2. The van der Waals surface area contributed by atoms with Crippen molar-refractivity contribution in [3.8, 4) is 11.5 Å². The van der Waals surface area contributed by atoms with Crippen LogP contribution < -0.4 is 9.47 Å². The van der Waals surface area contributed by atoms with Gasteiger partial charge in [0.1, 0.15) is 5.76 Å². The average Bonchev–Trinajstić information content (AvgIpc) is 3.14. The molecule has 0 saturated carbocycles. The van der Waals surface area contributed by atoms with Crippen molar-refractivity contribution in [2.75, 3.05) is 53.6 Å². The molecule has 2 aromatic rings. The number of amides is 1. The maximum Gasteiger partial charge on any atom is 0.295 e. The predicted molar refractivity (Wildman–Crippen MR) is 136 cm³/mol. The Kier molecular flexibility index (Phi) is 7.96. The van der Waals surface area contributed by atoms with Crippen LogP contribution in [0.2, 0.25) is 0 Å². The lowest BCUT2D eigenvalue weighted by molar-refractivity contribution is -0.140. The number of aliphatic hydroxyl groups excluding tert-OH is 1. The van der Waals surface area contributed by atoms with Gasteiger partial charge in [-0.3, -0.25) is 14.5 Å². The van der Waals surface area contributed by atoms with Crippen molar-refractivity contribution >= 4 is 17.4 Å². The quantitative estimate of drug-likeness (QED) is 0.342. The Hall–Kier alpha value is -3.36. The summed E-state index contributed by atoms with van der Waals surface area (Å²) in [6.07, 6.45) is 0.680. The highest BCUT2D eigenvalue weighted by Gasteiger charge is 2.47. The second-order valence-corrected chi connectivity index (χ2v) is 9.20. The SMILES string of the molecule is COc1cccc([C@@H]2C(=C(O)c3cc(C)ccc3C)C(=O)C(=O)N2CCCN2CCOCC2)c1OC. The Morgan fingerprint density at radius 2 is 1.81 bits per heavy atom. The predicted octanol–water partition coefficient (Wildman–Crippen LogP) is 3.46. The van der Waals surface area contributed by atoms with Gasteiger partial charge in [0.2, 0.25) is 0 Å². The molecular weight excluding hydrogens is 460 g/mol. The first-order valence-electron chi connectivity index (χ1n) is 12.2. The van der Waals surface area contributed by atoms with E-state index in [-0.39, 0.29) is 11.3 Å². The number of benzene rings is 2. The van der Waals surface area contributed by atoms with Gasteiger partial charge >= 0.3 is 0 Å². The number of morpholine rings is 1. The molecule has 2 fully saturated rings. The van der Waals surface area contributed by atoms with Crippen LogP contribution in [0.3, 0.4) is 0 Å². The second-order valence-electron chi connectivity index (χ2n) is 9.20. The normalized spacial score (nSPS) is 20.1. The van der Waals surface area contributed by atoms with Gasteiger partial charge in [-0.2, -0.15) is 0 Å². The monoisotopic (exact) mass is 494 g/mol. The van der Waals surface area contributed by atoms with E-state index in [4.69, 9.17) is 14.2 Å². The van der Waals surface area contributed by atoms with Gasteiger partial charge in [0.25, 0.3) is 11.7 Å². The van der Waals surface area contributed by atoms with Gasteiger partial charge in [-0.1, -0.05) is 29.8 Å². The molecule has 0 aliphatic carbocycles. The number of aliphatic hydroxyl groups is 1. The number of hydrogen-bond donors (Lipinski definition) is 1.